The Balaban J connectivity index is 1.33. The zero-order valence-electron chi connectivity index (χ0n) is 27.2. The SMILES string of the molecule is COc1cc([C@@H]2c3cc4c(cc3[C@H](OC(=O)NCCCN(C)C)[C@@H]3C(=O)OC[C@@H]23)OCO4)cc(OC)c1OC(=O)OCc1ccccc1. The average Bonchev–Trinajstić information content (AvgIpc) is 3.71. The Bertz CT molecular complexity index is 1640. The fourth-order valence-electron chi connectivity index (χ4n) is 6.43. The van der Waals surface area contributed by atoms with E-state index in [4.69, 9.17) is 37.9 Å². The predicted molar refractivity (Wildman–Crippen MR) is 170 cm³/mol. The van der Waals surface area contributed by atoms with Gasteiger partial charge in [-0.2, -0.15) is 0 Å². The lowest BCUT2D eigenvalue weighted by atomic mass is 9.66. The maximum atomic E-state index is 13.3. The van der Waals surface area contributed by atoms with E-state index in [1.807, 2.05) is 55.4 Å². The van der Waals surface area contributed by atoms with Crippen molar-refractivity contribution < 1.29 is 52.3 Å². The number of rotatable bonds is 11. The van der Waals surface area contributed by atoms with Crippen LogP contribution in [0.2, 0.25) is 0 Å². The van der Waals surface area contributed by atoms with Gasteiger partial charge in [0.25, 0.3) is 0 Å². The third-order valence-corrected chi connectivity index (χ3v) is 8.64. The summed E-state index contributed by atoms with van der Waals surface area (Å²) in [5.74, 6) is -0.730. The number of fused-ring (bicyclic) bond motifs is 3. The number of benzene rings is 3. The molecule has 2 aliphatic heterocycles. The zero-order valence-corrected chi connectivity index (χ0v) is 27.2. The fourth-order valence-corrected chi connectivity index (χ4v) is 6.43. The number of hydrogen-bond donors (Lipinski definition) is 1. The zero-order chi connectivity index (χ0) is 33.8. The standard InChI is InChI=1S/C35H38N2O11/c1-37(2)12-8-11-36-34(39)47-31-23-16-26-25(45-19-46-26)15-22(23)29(24-18-43-33(38)30(24)31)21-13-27(41-3)32(28(14-21)42-4)48-35(40)44-17-20-9-6-5-7-10-20/h5-7,9-10,13-16,24,29-31H,8,11-12,17-19H2,1-4H3,(H,36,39)/t24-,29+,30+,31-/m0/s1. The van der Waals surface area contributed by atoms with Crippen molar-refractivity contribution in [2.24, 2.45) is 11.8 Å². The topological polar surface area (TPSA) is 140 Å². The predicted octanol–water partition coefficient (Wildman–Crippen LogP) is 4.80. The number of hydrogen-bond acceptors (Lipinski definition) is 12. The van der Waals surface area contributed by atoms with Gasteiger partial charge in [-0.3, -0.25) is 4.79 Å². The van der Waals surface area contributed by atoms with Gasteiger partial charge < -0.3 is 48.1 Å². The van der Waals surface area contributed by atoms with Crippen molar-refractivity contribution in [3.8, 4) is 28.7 Å². The minimum atomic E-state index is -0.939. The molecule has 1 N–H and O–H groups in total. The van der Waals surface area contributed by atoms with Crippen LogP contribution in [-0.2, 0) is 25.6 Å². The highest BCUT2D eigenvalue weighted by Gasteiger charge is 2.54. The Morgan fingerprint density at radius 3 is 2.29 bits per heavy atom. The second-order valence-electron chi connectivity index (χ2n) is 11.9. The number of alkyl carbamates (subject to hydrolysis) is 1. The number of ether oxygens (including phenoxy) is 8. The molecule has 13 heteroatoms. The Hall–Kier alpha value is -5.17. The van der Waals surface area contributed by atoms with E-state index >= 15 is 0 Å². The van der Waals surface area contributed by atoms with Gasteiger partial charge in [0.05, 0.1) is 20.8 Å². The highest BCUT2D eigenvalue weighted by molar-refractivity contribution is 5.79. The highest BCUT2D eigenvalue weighted by Crippen LogP contribution is 2.56. The van der Waals surface area contributed by atoms with Gasteiger partial charge in [0.1, 0.15) is 18.6 Å². The molecule has 3 aromatic carbocycles. The van der Waals surface area contributed by atoms with E-state index in [2.05, 4.69) is 5.32 Å². The molecular formula is C35H38N2O11. The second-order valence-corrected chi connectivity index (χ2v) is 11.9. The lowest BCUT2D eigenvalue weighted by Gasteiger charge is -2.38. The largest absolute Gasteiger partial charge is 0.514 e. The number of esters is 1. The molecule has 48 heavy (non-hydrogen) atoms. The first-order chi connectivity index (χ1) is 23.3. The summed E-state index contributed by atoms with van der Waals surface area (Å²) < 4.78 is 45.2. The molecule has 0 radical (unpaired) electrons. The van der Waals surface area contributed by atoms with Crippen molar-refractivity contribution in [1.29, 1.82) is 0 Å². The smallest absolute Gasteiger partial charge is 0.493 e. The first kappa shape index (κ1) is 32.8. The van der Waals surface area contributed by atoms with Crippen molar-refractivity contribution in [3.05, 3.63) is 76.9 Å². The van der Waals surface area contributed by atoms with Gasteiger partial charge >= 0.3 is 18.2 Å². The van der Waals surface area contributed by atoms with Crippen LogP contribution in [0.15, 0.2) is 54.6 Å². The molecule has 0 aromatic heterocycles. The van der Waals surface area contributed by atoms with E-state index in [-0.39, 0.29) is 37.3 Å². The van der Waals surface area contributed by atoms with Crippen molar-refractivity contribution >= 4 is 18.2 Å². The minimum absolute atomic E-state index is 0.0196. The Morgan fingerprint density at radius 2 is 1.62 bits per heavy atom. The molecule has 254 valence electrons. The van der Waals surface area contributed by atoms with Gasteiger partial charge in [-0.25, -0.2) is 9.59 Å². The number of nitrogens with zero attached hydrogens (tertiary/aromatic N) is 1. The van der Waals surface area contributed by atoms with Crippen LogP contribution in [0.25, 0.3) is 0 Å². The number of nitrogens with one attached hydrogen (secondary N) is 1. The van der Waals surface area contributed by atoms with Gasteiger partial charge in [0.2, 0.25) is 12.5 Å². The summed E-state index contributed by atoms with van der Waals surface area (Å²) in [5.41, 5.74) is 2.83. The average molecular weight is 663 g/mol. The quantitative estimate of drug-likeness (QED) is 0.131. The molecule has 1 amide bonds. The van der Waals surface area contributed by atoms with E-state index in [0.29, 0.717) is 29.2 Å². The van der Waals surface area contributed by atoms with Gasteiger partial charge in [-0.05, 0) is 68.0 Å². The second kappa shape index (κ2) is 14.3. The normalized spacial score (nSPS) is 20.3. The third-order valence-electron chi connectivity index (χ3n) is 8.64. The molecule has 2 heterocycles. The first-order valence-corrected chi connectivity index (χ1v) is 15.6. The lowest BCUT2D eigenvalue weighted by Crippen LogP contribution is -2.39. The van der Waals surface area contributed by atoms with Crippen LogP contribution in [0, 0.1) is 11.8 Å². The molecule has 3 aromatic rings. The van der Waals surface area contributed by atoms with Gasteiger partial charge in [-0.15, -0.1) is 0 Å². The monoisotopic (exact) mass is 662 g/mol. The summed E-state index contributed by atoms with van der Waals surface area (Å²) in [7, 11) is 6.80. The summed E-state index contributed by atoms with van der Waals surface area (Å²) in [5, 5.41) is 2.80. The van der Waals surface area contributed by atoms with E-state index in [1.165, 1.54) is 14.2 Å². The highest BCUT2D eigenvalue weighted by atomic mass is 16.7. The molecule has 13 nitrogen and oxygen atoms in total. The minimum Gasteiger partial charge on any atom is -0.493 e. The summed E-state index contributed by atoms with van der Waals surface area (Å²) in [6.45, 7) is 1.34. The summed E-state index contributed by atoms with van der Waals surface area (Å²) >= 11 is 0. The number of cyclic esters (lactones) is 1. The maximum absolute atomic E-state index is 13.3. The summed E-state index contributed by atoms with van der Waals surface area (Å²) in [4.78, 5) is 41.1. The fraction of sp³-hybridized carbons (Fsp3) is 0.400. The lowest BCUT2D eigenvalue weighted by molar-refractivity contribution is -0.144. The first-order valence-electron chi connectivity index (χ1n) is 15.6. The van der Waals surface area contributed by atoms with E-state index in [0.717, 1.165) is 24.1 Å². The molecule has 0 spiro atoms. The van der Waals surface area contributed by atoms with Crippen molar-refractivity contribution in [1.82, 2.24) is 10.2 Å². The van der Waals surface area contributed by atoms with Gasteiger partial charge in [-0.1, -0.05) is 30.3 Å². The molecule has 1 aliphatic carbocycles. The van der Waals surface area contributed by atoms with Crippen LogP contribution in [0.3, 0.4) is 0 Å². The van der Waals surface area contributed by atoms with Crippen LogP contribution in [0.1, 0.15) is 40.7 Å². The molecule has 6 rings (SSSR count). The van der Waals surface area contributed by atoms with Crippen LogP contribution in [0.5, 0.6) is 28.7 Å². The Morgan fingerprint density at radius 1 is 0.938 bits per heavy atom. The van der Waals surface area contributed by atoms with Crippen LogP contribution < -0.4 is 29.0 Å². The number of amides is 1. The molecule has 1 fully saturated rings. The molecule has 4 atom stereocenters. The van der Waals surface area contributed by atoms with E-state index in [9.17, 15) is 14.4 Å². The van der Waals surface area contributed by atoms with E-state index in [1.54, 1.807) is 18.2 Å². The Labute approximate surface area is 277 Å². The maximum Gasteiger partial charge on any atom is 0.514 e. The Kier molecular flexibility index (Phi) is 9.76. The number of methoxy groups -OCH3 is 2. The molecule has 0 unspecified atom stereocenters. The molecule has 3 aliphatic rings. The van der Waals surface area contributed by atoms with Gasteiger partial charge in [0.15, 0.2) is 23.0 Å². The molecule has 0 saturated carbocycles. The number of carbonyl (C=O) groups excluding carboxylic acids is 3. The molecule has 0 bridgehead atoms. The molecular weight excluding hydrogens is 624 g/mol. The van der Waals surface area contributed by atoms with Crippen LogP contribution in [0.4, 0.5) is 9.59 Å². The van der Waals surface area contributed by atoms with Crippen molar-refractivity contribution in [2.75, 3.05) is 54.8 Å². The molecule has 1 saturated heterocycles. The third kappa shape index (κ3) is 6.77. The summed E-state index contributed by atoms with van der Waals surface area (Å²) in [6.07, 6.45) is -1.78. The van der Waals surface area contributed by atoms with Crippen molar-refractivity contribution in [2.45, 2.75) is 25.0 Å². The van der Waals surface area contributed by atoms with Crippen LogP contribution in [-0.4, -0.2) is 77.9 Å². The van der Waals surface area contributed by atoms with E-state index < -0.39 is 42.1 Å². The number of carbonyl (C=O) groups is 3. The summed E-state index contributed by atoms with van der Waals surface area (Å²) in [6, 6.07) is 16.3. The van der Waals surface area contributed by atoms with Gasteiger partial charge in [0, 0.05) is 23.9 Å². The van der Waals surface area contributed by atoms with Crippen LogP contribution >= 0.6 is 0 Å². The van der Waals surface area contributed by atoms with Crippen molar-refractivity contribution in [3.63, 3.8) is 0 Å².